The second kappa shape index (κ2) is 8.60. The van der Waals surface area contributed by atoms with Crippen LogP contribution in [-0.4, -0.2) is 29.6 Å². The summed E-state index contributed by atoms with van der Waals surface area (Å²) in [5.41, 5.74) is 0.986. The zero-order valence-electron chi connectivity index (χ0n) is 14.7. The molecule has 0 N–H and O–H groups in total. The van der Waals surface area contributed by atoms with Gasteiger partial charge in [0, 0.05) is 17.5 Å². The SMILES string of the molecule is CC(=O)C[C@@H](C)COC1CCC(Oc2nc3ccc(Br)cc3s2)CC1. The van der Waals surface area contributed by atoms with Crippen LogP contribution in [-0.2, 0) is 9.53 Å². The lowest BCUT2D eigenvalue weighted by molar-refractivity contribution is -0.118. The van der Waals surface area contributed by atoms with Crippen LogP contribution >= 0.6 is 27.3 Å². The average Bonchev–Trinajstić information content (AvgIpc) is 2.95. The van der Waals surface area contributed by atoms with Gasteiger partial charge >= 0.3 is 0 Å². The Kier molecular flexibility index (Phi) is 6.47. The number of hydrogen-bond donors (Lipinski definition) is 0. The van der Waals surface area contributed by atoms with Crippen molar-refractivity contribution in [3.8, 4) is 5.19 Å². The molecule has 0 radical (unpaired) electrons. The molecule has 1 aromatic heterocycles. The zero-order valence-corrected chi connectivity index (χ0v) is 17.1. The Balaban J connectivity index is 1.45. The average molecular weight is 426 g/mol. The summed E-state index contributed by atoms with van der Waals surface area (Å²) in [6.07, 6.45) is 5.11. The second-order valence-corrected chi connectivity index (χ2v) is 8.86. The van der Waals surface area contributed by atoms with E-state index < -0.39 is 0 Å². The third kappa shape index (κ3) is 5.50. The summed E-state index contributed by atoms with van der Waals surface area (Å²) in [5.74, 6) is 0.532. The molecule has 2 aromatic rings. The number of carbonyl (C=O) groups is 1. The summed E-state index contributed by atoms with van der Waals surface area (Å²) in [7, 11) is 0. The van der Waals surface area contributed by atoms with Crippen LogP contribution in [0.3, 0.4) is 0 Å². The minimum atomic E-state index is 0.221. The van der Waals surface area contributed by atoms with E-state index in [1.54, 1.807) is 18.3 Å². The first-order valence-corrected chi connectivity index (χ1v) is 10.4. The minimum absolute atomic E-state index is 0.221. The van der Waals surface area contributed by atoms with E-state index >= 15 is 0 Å². The summed E-state index contributed by atoms with van der Waals surface area (Å²) in [4.78, 5) is 15.7. The van der Waals surface area contributed by atoms with E-state index in [-0.39, 0.29) is 11.9 Å². The van der Waals surface area contributed by atoms with Crippen LogP contribution in [0.5, 0.6) is 5.19 Å². The molecular weight excluding hydrogens is 402 g/mol. The number of ketones is 1. The fourth-order valence-corrected chi connectivity index (χ4v) is 4.67. The van der Waals surface area contributed by atoms with Crippen molar-refractivity contribution >= 4 is 43.3 Å². The number of aromatic nitrogens is 1. The molecule has 6 heteroatoms. The molecular formula is C19H24BrNO3S. The van der Waals surface area contributed by atoms with Gasteiger partial charge in [-0.05, 0) is 56.7 Å². The van der Waals surface area contributed by atoms with Gasteiger partial charge in [0.15, 0.2) is 0 Å². The quantitative estimate of drug-likeness (QED) is 0.597. The van der Waals surface area contributed by atoms with Crippen molar-refractivity contribution < 1.29 is 14.3 Å². The van der Waals surface area contributed by atoms with Gasteiger partial charge in [0.05, 0.1) is 16.3 Å². The first-order chi connectivity index (χ1) is 12.0. The van der Waals surface area contributed by atoms with Gasteiger partial charge in [0.25, 0.3) is 5.19 Å². The molecule has 0 saturated heterocycles. The molecule has 1 fully saturated rings. The lowest BCUT2D eigenvalue weighted by Gasteiger charge is -2.29. The number of thiazole rings is 1. The van der Waals surface area contributed by atoms with Crippen LogP contribution in [0.2, 0.25) is 0 Å². The van der Waals surface area contributed by atoms with Crippen molar-refractivity contribution in [2.75, 3.05) is 6.61 Å². The first-order valence-electron chi connectivity index (χ1n) is 8.83. The van der Waals surface area contributed by atoms with Crippen LogP contribution in [0, 0.1) is 5.92 Å². The smallest absolute Gasteiger partial charge is 0.274 e. The van der Waals surface area contributed by atoms with E-state index in [1.807, 2.05) is 12.1 Å². The highest BCUT2D eigenvalue weighted by molar-refractivity contribution is 9.10. The van der Waals surface area contributed by atoms with Gasteiger partial charge in [-0.3, -0.25) is 0 Å². The fourth-order valence-electron chi connectivity index (χ4n) is 3.24. The highest BCUT2D eigenvalue weighted by Gasteiger charge is 2.24. The highest BCUT2D eigenvalue weighted by Crippen LogP contribution is 2.33. The number of rotatable bonds is 7. The molecule has 0 bridgehead atoms. The Bertz CT molecular complexity index is 725. The number of carbonyl (C=O) groups excluding carboxylic acids is 1. The van der Waals surface area contributed by atoms with Gasteiger partial charge < -0.3 is 14.3 Å². The van der Waals surface area contributed by atoms with Gasteiger partial charge in [0.1, 0.15) is 11.9 Å². The number of fused-ring (bicyclic) bond motifs is 1. The Morgan fingerprint density at radius 1 is 1.32 bits per heavy atom. The molecule has 1 aromatic carbocycles. The van der Waals surface area contributed by atoms with E-state index in [4.69, 9.17) is 9.47 Å². The molecule has 1 aliphatic carbocycles. The standard InChI is InChI=1S/C19H24BrNO3S/c1-12(9-13(2)22)11-23-15-4-6-16(7-5-15)24-19-21-17-8-3-14(20)10-18(17)25-19/h3,8,10,12,15-16H,4-7,9,11H2,1-2H3/t12-,15?,16?/m1/s1. The van der Waals surface area contributed by atoms with Crippen LogP contribution < -0.4 is 4.74 Å². The molecule has 0 spiro atoms. The number of ether oxygens (including phenoxy) is 2. The van der Waals surface area contributed by atoms with E-state index in [1.165, 1.54) is 0 Å². The van der Waals surface area contributed by atoms with Gasteiger partial charge in [-0.15, -0.1) is 0 Å². The molecule has 0 amide bonds. The predicted molar refractivity (Wildman–Crippen MR) is 104 cm³/mol. The second-order valence-electron chi connectivity index (χ2n) is 6.95. The van der Waals surface area contributed by atoms with E-state index in [2.05, 4.69) is 33.9 Å². The zero-order chi connectivity index (χ0) is 17.8. The lowest BCUT2D eigenvalue weighted by atomic mass is 9.95. The van der Waals surface area contributed by atoms with Crippen molar-refractivity contribution in [2.45, 2.75) is 58.2 Å². The largest absolute Gasteiger partial charge is 0.467 e. The highest BCUT2D eigenvalue weighted by atomic mass is 79.9. The van der Waals surface area contributed by atoms with E-state index in [9.17, 15) is 4.79 Å². The molecule has 1 aliphatic rings. The molecule has 0 aliphatic heterocycles. The predicted octanol–water partition coefficient (Wildman–Crippen LogP) is 5.38. The number of Topliss-reactive ketones (excluding diaryl/α,β-unsaturated/α-hetero) is 1. The lowest BCUT2D eigenvalue weighted by Crippen LogP contribution is -2.29. The maximum Gasteiger partial charge on any atom is 0.274 e. The van der Waals surface area contributed by atoms with Gasteiger partial charge in [0.2, 0.25) is 0 Å². The topological polar surface area (TPSA) is 48.4 Å². The third-order valence-electron chi connectivity index (χ3n) is 4.47. The molecule has 0 unspecified atom stereocenters. The van der Waals surface area contributed by atoms with Crippen molar-refractivity contribution in [2.24, 2.45) is 5.92 Å². The van der Waals surface area contributed by atoms with Gasteiger partial charge in [-0.1, -0.05) is 34.2 Å². The summed E-state index contributed by atoms with van der Waals surface area (Å²) in [6.45, 7) is 4.38. The van der Waals surface area contributed by atoms with Crippen molar-refractivity contribution in [1.29, 1.82) is 0 Å². The summed E-state index contributed by atoms with van der Waals surface area (Å²) in [5, 5.41) is 0.757. The van der Waals surface area contributed by atoms with Gasteiger partial charge in [-0.25, -0.2) is 4.98 Å². The van der Waals surface area contributed by atoms with Crippen LogP contribution in [0.4, 0.5) is 0 Å². The van der Waals surface area contributed by atoms with Crippen molar-refractivity contribution in [1.82, 2.24) is 4.98 Å². The van der Waals surface area contributed by atoms with Crippen molar-refractivity contribution in [3.63, 3.8) is 0 Å². The van der Waals surface area contributed by atoms with E-state index in [0.717, 1.165) is 45.6 Å². The normalized spacial score (nSPS) is 22.0. The first kappa shape index (κ1) is 18.8. The van der Waals surface area contributed by atoms with Crippen LogP contribution in [0.15, 0.2) is 22.7 Å². The maximum atomic E-state index is 11.1. The molecule has 1 atom stereocenters. The molecule has 1 heterocycles. The monoisotopic (exact) mass is 425 g/mol. The third-order valence-corrected chi connectivity index (χ3v) is 5.87. The van der Waals surface area contributed by atoms with Crippen LogP contribution in [0.25, 0.3) is 10.2 Å². The Morgan fingerprint density at radius 2 is 2.04 bits per heavy atom. The summed E-state index contributed by atoms with van der Waals surface area (Å²) < 4.78 is 14.3. The Hall–Kier alpha value is -0.980. The van der Waals surface area contributed by atoms with Gasteiger partial charge in [-0.2, -0.15) is 0 Å². The minimum Gasteiger partial charge on any atom is -0.467 e. The molecule has 136 valence electrons. The van der Waals surface area contributed by atoms with Crippen LogP contribution in [0.1, 0.15) is 46.0 Å². The maximum absolute atomic E-state index is 11.1. The number of benzene rings is 1. The molecule has 1 saturated carbocycles. The molecule has 25 heavy (non-hydrogen) atoms. The van der Waals surface area contributed by atoms with E-state index in [0.29, 0.717) is 25.0 Å². The molecule has 4 nitrogen and oxygen atoms in total. The fraction of sp³-hybridized carbons (Fsp3) is 0.579. The summed E-state index contributed by atoms with van der Waals surface area (Å²) in [6, 6.07) is 6.09. The number of nitrogens with zero attached hydrogens (tertiary/aromatic N) is 1. The Labute approximate surface area is 161 Å². The van der Waals surface area contributed by atoms with Crippen molar-refractivity contribution in [3.05, 3.63) is 22.7 Å². The Morgan fingerprint density at radius 3 is 2.76 bits per heavy atom. The summed E-state index contributed by atoms with van der Waals surface area (Å²) >= 11 is 5.09. The molecule has 3 rings (SSSR count). The number of hydrogen-bond acceptors (Lipinski definition) is 5. The number of halogens is 1.